The normalized spacial score (nSPS) is 22.0. The van der Waals surface area contributed by atoms with E-state index in [0.717, 1.165) is 11.0 Å². The predicted molar refractivity (Wildman–Crippen MR) is 163 cm³/mol. The van der Waals surface area contributed by atoms with Crippen LogP contribution in [0.15, 0.2) is 54.7 Å². The first-order valence-electron chi connectivity index (χ1n) is 13.2. The summed E-state index contributed by atoms with van der Waals surface area (Å²) in [7, 11) is 30.0. The highest BCUT2D eigenvalue weighted by Gasteiger charge is 2.60. The van der Waals surface area contributed by atoms with Gasteiger partial charge in [-0.15, -0.1) is 0 Å². The van der Waals surface area contributed by atoms with E-state index in [-0.39, 0.29) is 29.0 Å². The van der Waals surface area contributed by atoms with E-state index in [1.54, 1.807) is 24.3 Å². The number of rotatable bonds is 9. The number of hydrogen-bond donors (Lipinski definition) is 1. The Hall–Kier alpha value is -2.27. The third-order valence-corrected chi connectivity index (χ3v) is 7.85. The standard InChI is InChI=1S/C28H22B5Cl2FN2O5/c1-25(40,14-42-28(31,32)33)16-10-20-23(21(36)11-16)26(43-19-8-9-41-13-19,15-2-4-17(34)5-3-15)38(24(20)39)27(29,30)22-7-6-18(35)12-37-22/h2-7,10-12,19,40H,8-9,13-14H2,1H3/t19-,25?,26+/m0/s1. The van der Waals surface area contributed by atoms with Crippen molar-refractivity contribution in [3.05, 3.63) is 98.5 Å². The van der Waals surface area contributed by atoms with Crippen molar-refractivity contribution in [1.29, 1.82) is 0 Å². The first kappa shape index (κ1) is 32.1. The van der Waals surface area contributed by atoms with Crippen LogP contribution in [0, 0.1) is 5.82 Å². The van der Waals surface area contributed by atoms with Gasteiger partial charge in [0.15, 0.2) is 5.72 Å². The van der Waals surface area contributed by atoms with Gasteiger partial charge in [-0.25, -0.2) is 4.39 Å². The Morgan fingerprint density at radius 2 is 1.79 bits per heavy atom. The molecule has 5 rings (SSSR count). The summed E-state index contributed by atoms with van der Waals surface area (Å²) in [5, 5.41) is 7.64. The van der Waals surface area contributed by atoms with Crippen LogP contribution in [0.25, 0.3) is 0 Å². The Balaban J connectivity index is 1.77. The Kier molecular flexibility index (Phi) is 8.66. The Morgan fingerprint density at radius 3 is 2.37 bits per heavy atom. The number of amides is 1. The first-order chi connectivity index (χ1) is 20.1. The van der Waals surface area contributed by atoms with Crippen LogP contribution in [0.2, 0.25) is 10.0 Å². The fourth-order valence-corrected chi connectivity index (χ4v) is 5.52. The summed E-state index contributed by atoms with van der Waals surface area (Å²) in [6.45, 7) is 1.34. The molecule has 0 spiro atoms. The van der Waals surface area contributed by atoms with Gasteiger partial charge in [-0.1, -0.05) is 35.3 Å². The minimum absolute atomic E-state index is 0.0360. The van der Waals surface area contributed by atoms with E-state index >= 15 is 4.39 Å². The average Bonchev–Trinajstić information content (AvgIpc) is 3.53. The van der Waals surface area contributed by atoms with Crippen molar-refractivity contribution < 1.29 is 28.5 Å². The van der Waals surface area contributed by atoms with Crippen molar-refractivity contribution in [1.82, 2.24) is 9.88 Å². The van der Waals surface area contributed by atoms with E-state index in [0.29, 0.717) is 28.6 Å². The fourth-order valence-electron chi connectivity index (χ4n) is 5.29. The van der Waals surface area contributed by atoms with Gasteiger partial charge in [0, 0.05) is 34.4 Å². The molecule has 43 heavy (non-hydrogen) atoms. The average molecular weight is 610 g/mol. The van der Waals surface area contributed by atoms with Gasteiger partial charge in [-0.05, 0) is 60.6 Å². The summed E-state index contributed by atoms with van der Waals surface area (Å²) in [6, 6.07) is 11.6. The fraction of sp³-hybridized carbons (Fsp3) is 0.357. The molecule has 210 valence electrons. The van der Waals surface area contributed by atoms with Crippen LogP contribution in [0.1, 0.15) is 46.1 Å². The number of halogens is 3. The molecule has 1 unspecified atom stereocenters. The highest BCUT2D eigenvalue weighted by atomic mass is 35.5. The molecule has 2 aliphatic heterocycles. The van der Waals surface area contributed by atoms with Crippen molar-refractivity contribution in [3.63, 3.8) is 0 Å². The Morgan fingerprint density at radius 1 is 1.12 bits per heavy atom. The highest BCUT2D eigenvalue weighted by molar-refractivity contribution is 6.58. The SMILES string of the molecule is [B]C([B])([B])OCC(C)(O)c1cc(F)c2c(c1)C(=O)N(C([B])([B])c1ccc(Cl)cn1)[C@@]2(O[C@H]1CCOC1)c1ccc(Cl)cc1. The smallest absolute Gasteiger partial charge is 0.256 e. The van der Waals surface area contributed by atoms with E-state index < -0.39 is 46.4 Å². The number of fused-ring (bicyclic) bond motifs is 1. The number of pyridine rings is 1. The monoisotopic (exact) mass is 610 g/mol. The zero-order chi connectivity index (χ0) is 31.4. The maximum absolute atomic E-state index is 16.6. The molecule has 1 amide bonds. The van der Waals surface area contributed by atoms with Crippen molar-refractivity contribution in [2.45, 2.75) is 41.4 Å². The number of aromatic nitrogens is 1. The lowest BCUT2D eigenvalue weighted by Crippen LogP contribution is -2.60. The topological polar surface area (TPSA) is 81.1 Å². The minimum Gasteiger partial charge on any atom is -0.400 e. The van der Waals surface area contributed by atoms with E-state index in [2.05, 4.69) is 4.98 Å². The summed E-state index contributed by atoms with van der Waals surface area (Å²) in [4.78, 5) is 19.8. The summed E-state index contributed by atoms with van der Waals surface area (Å²) in [5.74, 6) is -1.72. The molecule has 1 N–H and O–H groups in total. The zero-order valence-electron chi connectivity index (χ0n) is 23.1. The quantitative estimate of drug-likeness (QED) is 0.376. The predicted octanol–water partition coefficient (Wildman–Crippen LogP) is 2.48. The molecule has 7 nitrogen and oxygen atoms in total. The second-order valence-electron chi connectivity index (χ2n) is 10.9. The van der Waals surface area contributed by atoms with Gasteiger partial charge in [0.05, 0.1) is 74.7 Å². The van der Waals surface area contributed by atoms with Gasteiger partial charge in [-0.2, -0.15) is 0 Å². The zero-order valence-corrected chi connectivity index (χ0v) is 24.6. The molecule has 0 aliphatic carbocycles. The van der Waals surface area contributed by atoms with Crippen LogP contribution >= 0.6 is 23.2 Å². The Bertz CT molecular complexity index is 1520. The van der Waals surface area contributed by atoms with E-state index in [4.69, 9.17) is 76.6 Å². The van der Waals surface area contributed by atoms with Gasteiger partial charge >= 0.3 is 0 Å². The van der Waals surface area contributed by atoms with Crippen LogP contribution in [-0.2, 0) is 30.9 Å². The number of ether oxygens (including phenoxy) is 3. The van der Waals surface area contributed by atoms with Crippen molar-refractivity contribution in [2.24, 2.45) is 0 Å². The van der Waals surface area contributed by atoms with Gasteiger partial charge in [0.2, 0.25) is 0 Å². The van der Waals surface area contributed by atoms with Gasteiger partial charge in [-0.3, -0.25) is 9.78 Å². The maximum Gasteiger partial charge on any atom is 0.256 e. The van der Waals surface area contributed by atoms with Crippen LogP contribution in [0.3, 0.4) is 0 Å². The molecule has 0 saturated carbocycles. The number of carbonyl (C=O) groups excluding carboxylic acids is 1. The third-order valence-electron chi connectivity index (χ3n) is 7.37. The first-order valence-corrected chi connectivity index (χ1v) is 14.0. The second-order valence-corrected chi connectivity index (χ2v) is 11.8. The molecule has 1 fully saturated rings. The van der Waals surface area contributed by atoms with Gasteiger partial charge in [0.1, 0.15) is 11.4 Å². The second kappa shape index (κ2) is 11.6. The number of aliphatic hydroxyl groups is 1. The molecule has 10 radical (unpaired) electrons. The molecule has 15 heteroatoms. The third kappa shape index (κ3) is 6.05. The molecular formula is C28H22B5Cl2FN2O5. The molecule has 3 heterocycles. The van der Waals surface area contributed by atoms with E-state index in [1.807, 2.05) is 0 Å². The lowest BCUT2D eigenvalue weighted by molar-refractivity contribution is -0.155. The van der Waals surface area contributed by atoms with Crippen molar-refractivity contribution >= 4 is 68.3 Å². The molecular weight excluding hydrogens is 588 g/mol. The number of carbonyl (C=O) groups is 1. The number of hydrogen-bond acceptors (Lipinski definition) is 6. The Labute approximate surface area is 265 Å². The van der Waals surface area contributed by atoms with Gasteiger partial charge in [0.25, 0.3) is 5.91 Å². The number of nitrogens with zero attached hydrogens (tertiary/aromatic N) is 2. The number of benzene rings is 2. The minimum atomic E-state index is -2.18. The molecule has 1 aromatic heterocycles. The van der Waals surface area contributed by atoms with Crippen molar-refractivity contribution in [2.75, 3.05) is 19.8 Å². The molecule has 2 aromatic carbocycles. The van der Waals surface area contributed by atoms with Crippen LogP contribution in [0.5, 0.6) is 0 Å². The molecule has 3 atom stereocenters. The summed E-state index contributed by atoms with van der Waals surface area (Å²) in [5.41, 5.74) is -4.01. The van der Waals surface area contributed by atoms with E-state index in [9.17, 15) is 9.90 Å². The lowest BCUT2D eigenvalue weighted by Gasteiger charge is -2.49. The van der Waals surface area contributed by atoms with Crippen molar-refractivity contribution in [3.8, 4) is 0 Å². The molecule has 2 aliphatic rings. The maximum atomic E-state index is 16.6. The van der Waals surface area contributed by atoms with E-state index in [1.165, 1.54) is 31.3 Å². The highest BCUT2D eigenvalue weighted by Crippen LogP contribution is 2.52. The van der Waals surface area contributed by atoms with Crippen LogP contribution in [-0.4, -0.2) is 91.4 Å². The summed E-state index contributed by atoms with van der Waals surface area (Å²) < 4.78 is 34.0. The summed E-state index contributed by atoms with van der Waals surface area (Å²) >= 11 is 12.3. The lowest BCUT2D eigenvalue weighted by atomic mass is 9.52. The molecule has 0 bridgehead atoms. The molecule has 3 aromatic rings. The van der Waals surface area contributed by atoms with Crippen LogP contribution in [0.4, 0.5) is 4.39 Å². The largest absolute Gasteiger partial charge is 0.400 e. The van der Waals surface area contributed by atoms with Crippen LogP contribution < -0.4 is 0 Å². The van der Waals surface area contributed by atoms with Gasteiger partial charge < -0.3 is 24.2 Å². The summed E-state index contributed by atoms with van der Waals surface area (Å²) in [6.07, 6.45) is 1.17. The molecule has 1 saturated heterocycles.